The molecule has 1 N–H and O–H groups in total. The molecule has 0 radical (unpaired) electrons. The van der Waals surface area contributed by atoms with Crippen LogP contribution in [0.4, 0.5) is 0 Å². The third-order valence-corrected chi connectivity index (χ3v) is 3.72. The van der Waals surface area contributed by atoms with Crippen molar-refractivity contribution in [2.45, 2.75) is 38.1 Å². The van der Waals surface area contributed by atoms with Gasteiger partial charge >= 0.3 is 5.97 Å². The van der Waals surface area contributed by atoms with Crippen LogP contribution in [0.25, 0.3) is 0 Å². The number of carbonyl (C=O) groups is 1. The highest BCUT2D eigenvalue weighted by Crippen LogP contribution is 2.29. The van der Waals surface area contributed by atoms with Gasteiger partial charge in [0.15, 0.2) is 0 Å². The van der Waals surface area contributed by atoms with Crippen LogP contribution in [-0.2, 0) is 22.4 Å². The van der Waals surface area contributed by atoms with Crippen molar-refractivity contribution in [3.8, 4) is 0 Å². The van der Waals surface area contributed by atoms with Gasteiger partial charge in [-0.15, -0.1) is 0 Å². The summed E-state index contributed by atoms with van der Waals surface area (Å²) in [6.45, 7) is 2.95. The molecule has 0 saturated heterocycles. The molecule has 1 aromatic carbocycles. The minimum atomic E-state index is -0.529. The molecular formula is C15H21NO2. The minimum Gasteiger partial charge on any atom is -0.468 e. The van der Waals surface area contributed by atoms with E-state index < -0.39 is 5.54 Å². The Kier molecular flexibility index (Phi) is 4.02. The predicted octanol–water partition coefficient (Wildman–Crippen LogP) is 2.09. The fourth-order valence-electron chi connectivity index (χ4n) is 2.69. The fraction of sp³-hybridized carbons (Fsp3) is 0.533. The maximum atomic E-state index is 12.1. The number of esters is 1. The van der Waals surface area contributed by atoms with Gasteiger partial charge in [0.2, 0.25) is 0 Å². The van der Waals surface area contributed by atoms with E-state index in [-0.39, 0.29) is 5.97 Å². The number of rotatable bonds is 4. The van der Waals surface area contributed by atoms with E-state index in [1.54, 1.807) is 0 Å². The summed E-state index contributed by atoms with van der Waals surface area (Å²) < 4.78 is 5.00. The van der Waals surface area contributed by atoms with E-state index in [1.807, 2.05) is 6.07 Å². The molecule has 1 aromatic rings. The van der Waals surface area contributed by atoms with Gasteiger partial charge in [0, 0.05) is 6.42 Å². The van der Waals surface area contributed by atoms with Crippen molar-refractivity contribution in [1.29, 1.82) is 0 Å². The Morgan fingerprint density at radius 2 is 2.11 bits per heavy atom. The van der Waals surface area contributed by atoms with E-state index in [4.69, 9.17) is 4.74 Å². The summed E-state index contributed by atoms with van der Waals surface area (Å²) >= 11 is 0. The SMILES string of the molecule is CCCNC1(C(=O)OC)CCc2ccccc2C1. The Hall–Kier alpha value is -1.35. The summed E-state index contributed by atoms with van der Waals surface area (Å²) in [4.78, 5) is 12.1. The molecule has 1 aliphatic rings. The summed E-state index contributed by atoms with van der Waals surface area (Å²) in [6, 6.07) is 8.35. The van der Waals surface area contributed by atoms with Crippen molar-refractivity contribution < 1.29 is 9.53 Å². The van der Waals surface area contributed by atoms with E-state index in [1.165, 1.54) is 18.2 Å². The van der Waals surface area contributed by atoms with Crippen molar-refractivity contribution >= 4 is 5.97 Å². The van der Waals surface area contributed by atoms with E-state index in [0.29, 0.717) is 0 Å². The number of aryl methyl sites for hydroxylation is 1. The van der Waals surface area contributed by atoms with Crippen LogP contribution in [0.15, 0.2) is 24.3 Å². The maximum Gasteiger partial charge on any atom is 0.326 e. The molecule has 0 heterocycles. The molecule has 0 bridgehead atoms. The number of methoxy groups -OCH3 is 1. The zero-order valence-corrected chi connectivity index (χ0v) is 11.2. The summed E-state index contributed by atoms with van der Waals surface area (Å²) in [5.41, 5.74) is 2.09. The van der Waals surface area contributed by atoms with Gasteiger partial charge in [-0.25, -0.2) is 0 Å². The fourth-order valence-corrected chi connectivity index (χ4v) is 2.69. The monoisotopic (exact) mass is 247 g/mol. The Bertz CT molecular complexity index is 430. The van der Waals surface area contributed by atoms with Crippen LogP contribution in [0.2, 0.25) is 0 Å². The van der Waals surface area contributed by atoms with Crippen molar-refractivity contribution in [3.63, 3.8) is 0 Å². The van der Waals surface area contributed by atoms with Gasteiger partial charge in [0.1, 0.15) is 5.54 Å². The first-order valence-electron chi connectivity index (χ1n) is 6.62. The Morgan fingerprint density at radius 1 is 1.39 bits per heavy atom. The lowest BCUT2D eigenvalue weighted by molar-refractivity contribution is -0.149. The van der Waals surface area contributed by atoms with Gasteiger partial charge in [-0.3, -0.25) is 4.79 Å². The molecule has 0 amide bonds. The molecule has 2 rings (SSSR count). The van der Waals surface area contributed by atoms with Gasteiger partial charge < -0.3 is 10.1 Å². The summed E-state index contributed by atoms with van der Waals surface area (Å²) in [5, 5.41) is 3.40. The lowest BCUT2D eigenvalue weighted by atomic mass is 9.78. The largest absolute Gasteiger partial charge is 0.468 e. The first-order chi connectivity index (χ1) is 8.72. The number of benzene rings is 1. The molecule has 1 aliphatic carbocycles. The van der Waals surface area contributed by atoms with Crippen LogP contribution < -0.4 is 5.32 Å². The molecule has 0 spiro atoms. The molecule has 0 aliphatic heterocycles. The molecule has 3 nitrogen and oxygen atoms in total. The van der Waals surface area contributed by atoms with Crippen molar-refractivity contribution in [1.82, 2.24) is 5.32 Å². The Labute approximate surface area is 109 Å². The highest BCUT2D eigenvalue weighted by molar-refractivity contribution is 5.81. The number of fused-ring (bicyclic) bond motifs is 1. The number of ether oxygens (including phenoxy) is 1. The lowest BCUT2D eigenvalue weighted by Crippen LogP contribution is -2.56. The molecule has 0 aromatic heterocycles. The quantitative estimate of drug-likeness (QED) is 0.828. The van der Waals surface area contributed by atoms with E-state index in [2.05, 4.69) is 30.4 Å². The van der Waals surface area contributed by atoms with Crippen LogP contribution in [0, 0.1) is 0 Å². The third-order valence-electron chi connectivity index (χ3n) is 3.72. The first kappa shape index (κ1) is 13.1. The highest BCUT2D eigenvalue weighted by atomic mass is 16.5. The second-order valence-electron chi connectivity index (χ2n) is 4.95. The second-order valence-corrected chi connectivity index (χ2v) is 4.95. The van der Waals surface area contributed by atoms with Crippen LogP contribution in [0.3, 0.4) is 0 Å². The number of carbonyl (C=O) groups excluding carboxylic acids is 1. The highest BCUT2D eigenvalue weighted by Gasteiger charge is 2.41. The first-order valence-corrected chi connectivity index (χ1v) is 6.62. The van der Waals surface area contributed by atoms with Gasteiger partial charge in [0.05, 0.1) is 7.11 Å². The third kappa shape index (κ3) is 2.41. The maximum absolute atomic E-state index is 12.1. The van der Waals surface area contributed by atoms with Crippen molar-refractivity contribution in [2.24, 2.45) is 0 Å². The Morgan fingerprint density at radius 3 is 2.78 bits per heavy atom. The average Bonchev–Trinajstić information content (AvgIpc) is 2.44. The van der Waals surface area contributed by atoms with Crippen molar-refractivity contribution in [2.75, 3.05) is 13.7 Å². The summed E-state index contributed by atoms with van der Waals surface area (Å²) in [5.74, 6) is -0.134. The standard InChI is InChI=1S/C15H21NO2/c1-3-10-16-15(14(17)18-2)9-8-12-6-4-5-7-13(12)11-15/h4-7,16H,3,8-11H2,1-2H3. The molecule has 18 heavy (non-hydrogen) atoms. The average molecular weight is 247 g/mol. The smallest absolute Gasteiger partial charge is 0.326 e. The van der Waals surface area contributed by atoms with Gasteiger partial charge in [-0.1, -0.05) is 31.2 Å². The number of hydrogen-bond donors (Lipinski definition) is 1. The number of hydrogen-bond acceptors (Lipinski definition) is 3. The second kappa shape index (κ2) is 5.53. The van der Waals surface area contributed by atoms with Crippen LogP contribution in [0.5, 0.6) is 0 Å². The normalized spacial score (nSPS) is 22.3. The molecular weight excluding hydrogens is 226 g/mol. The van der Waals surface area contributed by atoms with Gasteiger partial charge in [0.25, 0.3) is 0 Å². The molecule has 0 saturated carbocycles. The molecule has 1 atom stereocenters. The minimum absolute atomic E-state index is 0.134. The zero-order chi connectivity index (χ0) is 13.0. The van der Waals surface area contributed by atoms with Crippen molar-refractivity contribution in [3.05, 3.63) is 35.4 Å². The van der Waals surface area contributed by atoms with Gasteiger partial charge in [-0.05, 0) is 36.9 Å². The predicted molar refractivity (Wildman–Crippen MR) is 71.5 cm³/mol. The lowest BCUT2D eigenvalue weighted by Gasteiger charge is -2.36. The van der Waals surface area contributed by atoms with Crippen LogP contribution >= 0.6 is 0 Å². The zero-order valence-electron chi connectivity index (χ0n) is 11.2. The van der Waals surface area contributed by atoms with E-state index in [0.717, 1.165) is 32.2 Å². The Balaban J connectivity index is 2.25. The van der Waals surface area contributed by atoms with Crippen LogP contribution in [0.1, 0.15) is 30.9 Å². The molecule has 0 fully saturated rings. The summed E-state index contributed by atoms with van der Waals surface area (Å²) in [6.07, 6.45) is 3.49. The topological polar surface area (TPSA) is 38.3 Å². The van der Waals surface area contributed by atoms with E-state index in [9.17, 15) is 4.79 Å². The molecule has 3 heteroatoms. The number of nitrogens with one attached hydrogen (secondary N) is 1. The van der Waals surface area contributed by atoms with E-state index >= 15 is 0 Å². The summed E-state index contributed by atoms with van der Waals surface area (Å²) in [7, 11) is 1.47. The van der Waals surface area contributed by atoms with Crippen LogP contribution in [-0.4, -0.2) is 25.2 Å². The molecule has 98 valence electrons. The molecule has 1 unspecified atom stereocenters. The van der Waals surface area contributed by atoms with Gasteiger partial charge in [-0.2, -0.15) is 0 Å².